The van der Waals surface area contributed by atoms with E-state index in [0.29, 0.717) is 13.2 Å². The molecule has 0 aliphatic carbocycles. The Balaban J connectivity index is 1.57. The van der Waals surface area contributed by atoms with Gasteiger partial charge in [-0.15, -0.1) is 0 Å². The topological polar surface area (TPSA) is 59.9 Å². The predicted molar refractivity (Wildman–Crippen MR) is 107 cm³/mol. The van der Waals surface area contributed by atoms with Gasteiger partial charge in [-0.3, -0.25) is 4.79 Å². The molecule has 0 unspecified atom stereocenters. The maximum atomic E-state index is 12.2. The third-order valence-electron chi connectivity index (χ3n) is 4.78. The summed E-state index contributed by atoms with van der Waals surface area (Å²) in [6, 6.07) is 18.5. The van der Waals surface area contributed by atoms with E-state index in [0.717, 1.165) is 33.5 Å². The minimum Gasteiger partial charge on any atom is -0.350 e. The zero-order valence-electron chi connectivity index (χ0n) is 15.3. The Hall–Kier alpha value is -2.76. The van der Waals surface area contributed by atoms with E-state index >= 15 is 0 Å². The molecule has 1 saturated heterocycles. The fourth-order valence-electron chi connectivity index (χ4n) is 3.47. The van der Waals surface area contributed by atoms with Crippen molar-refractivity contribution in [3.8, 4) is 0 Å². The standard InChI is InChI=1S/C22H22N2O3/c1-22(26-11-6-12-27-22)14-21(25)24-23-15-20-18-9-4-2-7-16(18)13-17-8-3-5-10-19(17)20/h2-5,7-10,13,15H,6,11-12,14H2,1H3,(H,24,25)/b23-15-. The predicted octanol–water partition coefficient (Wildman–Crippen LogP) is 3.99. The highest BCUT2D eigenvalue weighted by atomic mass is 16.7. The molecule has 27 heavy (non-hydrogen) atoms. The van der Waals surface area contributed by atoms with Crippen molar-refractivity contribution in [3.63, 3.8) is 0 Å². The van der Waals surface area contributed by atoms with Gasteiger partial charge in [0, 0.05) is 5.56 Å². The first-order chi connectivity index (χ1) is 13.1. The fourth-order valence-corrected chi connectivity index (χ4v) is 3.47. The third-order valence-corrected chi connectivity index (χ3v) is 4.78. The number of hydrogen-bond donors (Lipinski definition) is 1. The molecule has 5 heteroatoms. The van der Waals surface area contributed by atoms with Gasteiger partial charge in [-0.2, -0.15) is 5.10 Å². The molecule has 0 bridgehead atoms. The Morgan fingerprint density at radius 3 is 2.30 bits per heavy atom. The summed E-state index contributed by atoms with van der Waals surface area (Å²) in [5.74, 6) is -1.11. The van der Waals surface area contributed by atoms with Crippen molar-refractivity contribution in [3.05, 3.63) is 60.2 Å². The van der Waals surface area contributed by atoms with Crippen LogP contribution in [-0.2, 0) is 14.3 Å². The summed E-state index contributed by atoms with van der Waals surface area (Å²) in [6.45, 7) is 3.00. The van der Waals surface area contributed by atoms with Gasteiger partial charge in [0.2, 0.25) is 5.91 Å². The highest BCUT2D eigenvalue weighted by Crippen LogP contribution is 2.27. The molecule has 0 atom stereocenters. The van der Waals surface area contributed by atoms with Gasteiger partial charge in [0.1, 0.15) is 0 Å². The first-order valence-electron chi connectivity index (χ1n) is 9.15. The highest BCUT2D eigenvalue weighted by molar-refractivity contribution is 6.13. The molecule has 1 aliphatic heterocycles. The molecule has 5 nitrogen and oxygen atoms in total. The number of nitrogens with zero attached hydrogens (tertiary/aromatic N) is 1. The van der Waals surface area contributed by atoms with Crippen LogP contribution >= 0.6 is 0 Å². The summed E-state index contributed by atoms with van der Waals surface area (Å²) >= 11 is 0. The lowest BCUT2D eigenvalue weighted by Crippen LogP contribution is -2.41. The lowest BCUT2D eigenvalue weighted by atomic mass is 9.97. The highest BCUT2D eigenvalue weighted by Gasteiger charge is 2.31. The molecule has 1 fully saturated rings. The van der Waals surface area contributed by atoms with Crippen LogP contribution in [0.4, 0.5) is 0 Å². The van der Waals surface area contributed by atoms with Gasteiger partial charge in [0.05, 0.1) is 25.8 Å². The maximum Gasteiger partial charge on any atom is 0.245 e. The molecular weight excluding hydrogens is 340 g/mol. The van der Waals surface area contributed by atoms with E-state index in [2.05, 4.69) is 40.9 Å². The quantitative estimate of drug-likeness (QED) is 0.434. The van der Waals surface area contributed by atoms with Gasteiger partial charge in [-0.1, -0.05) is 48.5 Å². The van der Waals surface area contributed by atoms with Crippen molar-refractivity contribution in [1.82, 2.24) is 5.43 Å². The molecule has 0 saturated carbocycles. The second-order valence-electron chi connectivity index (χ2n) is 6.89. The van der Waals surface area contributed by atoms with Gasteiger partial charge in [0.25, 0.3) is 0 Å². The average molecular weight is 362 g/mol. The van der Waals surface area contributed by atoms with Crippen LogP contribution in [0.2, 0.25) is 0 Å². The normalized spacial score (nSPS) is 16.8. The van der Waals surface area contributed by atoms with Crippen LogP contribution in [0, 0.1) is 0 Å². The Labute approximate surface area is 158 Å². The molecule has 3 aromatic rings. The molecule has 3 aromatic carbocycles. The van der Waals surface area contributed by atoms with Gasteiger partial charge in [-0.25, -0.2) is 5.43 Å². The SMILES string of the molecule is CC1(CC(=O)N/N=C\c2c3ccccc3cc3ccccc23)OCCCO1. The van der Waals surface area contributed by atoms with E-state index in [1.807, 2.05) is 24.3 Å². The number of rotatable bonds is 4. The molecule has 0 radical (unpaired) electrons. The van der Waals surface area contributed by atoms with Crippen LogP contribution in [-0.4, -0.2) is 31.1 Å². The zero-order chi connectivity index (χ0) is 18.7. The maximum absolute atomic E-state index is 12.2. The van der Waals surface area contributed by atoms with Crippen molar-refractivity contribution in [1.29, 1.82) is 0 Å². The summed E-state index contributed by atoms with van der Waals surface area (Å²) < 4.78 is 11.2. The van der Waals surface area contributed by atoms with Gasteiger partial charge >= 0.3 is 0 Å². The van der Waals surface area contributed by atoms with Crippen LogP contribution in [0.5, 0.6) is 0 Å². The van der Waals surface area contributed by atoms with E-state index in [9.17, 15) is 4.79 Å². The van der Waals surface area contributed by atoms with Crippen molar-refractivity contribution < 1.29 is 14.3 Å². The van der Waals surface area contributed by atoms with Gasteiger partial charge in [-0.05, 0) is 41.0 Å². The Kier molecular flexibility index (Phi) is 4.88. The van der Waals surface area contributed by atoms with Crippen LogP contribution in [0.25, 0.3) is 21.5 Å². The third kappa shape index (κ3) is 3.84. The zero-order valence-corrected chi connectivity index (χ0v) is 15.3. The Morgan fingerprint density at radius 1 is 1.07 bits per heavy atom. The molecule has 0 aromatic heterocycles. The number of hydrogen-bond acceptors (Lipinski definition) is 4. The number of ether oxygens (including phenoxy) is 2. The van der Waals surface area contributed by atoms with Crippen molar-refractivity contribution in [2.75, 3.05) is 13.2 Å². The summed E-state index contributed by atoms with van der Waals surface area (Å²) in [5.41, 5.74) is 3.59. The van der Waals surface area contributed by atoms with Crippen LogP contribution in [0.1, 0.15) is 25.3 Å². The number of fused-ring (bicyclic) bond motifs is 2. The molecule has 1 heterocycles. The molecule has 1 amide bonds. The van der Waals surface area contributed by atoms with E-state index in [-0.39, 0.29) is 12.3 Å². The van der Waals surface area contributed by atoms with E-state index in [1.54, 1.807) is 13.1 Å². The monoisotopic (exact) mass is 362 g/mol. The van der Waals surface area contributed by atoms with E-state index < -0.39 is 5.79 Å². The molecular formula is C22H22N2O3. The average Bonchev–Trinajstić information content (AvgIpc) is 2.67. The smallest absolute Gasteiger partial charge is 0.245 e. The lowest BCUT2D eigenvalue weighted by molar-refractivity contribution is -0.256. The summed E-state index contributed by atoms with van der Waals surface area (Å²) in [4.78, 5) is 12.2. The van der Waals surface area contributed by atoms with E-state index in [4.69, 9.17) is 9.47 Å². The number of hydrazone groups is 1. The Bertz CT molecular complexity index is 953. The van der Waals surface area contributed by atoms with Crippen molar-refractivity contribution in [2.24, 2.45) is 5.10 Å². The van der Waals surface area contributed by atoms with Crippen LogP contribution in [0.3, 0.4) is 0 Å². The van der Waals surface area contributed by atoms with Crippen LogP contribution in [0.15, 0.2) is 59.7 Å². The molecule has 4 rings (SSSR count). The van der Waals surface area contributed by atoms with Crippen molar-refractivity contribution in [2.45, 2.75) is 25.6 Å². The van der Waals surface area contributed by atoms with Gasteiger partial charge in [0.15, 0.2) is 5.79 Å². The van der Waals surface area contributed by atoms with E-state index in [1.165, 1.54) is 0 Å². The first kappa shape index (κ1) is 17.6. The van der Waals surface area contributed by atoms with Crippen molar-refractivity contribution >= 4 is 33.7 Å². The number of nitrogens with one attached hydrogen (secondary N) is 1. The minimum atomic E-state index is -0.871. The molecule has 1 N–H and O–H groups in total. The minimum absolute atomic E-state index is 0.112. The molecule has 138 valence electrons. The summed E-state index contributed by atoms with van der Waals surface area (Å²) in [5, 5.41) is 8.68. The molecule has 1 aliphatic rings. The number of carbonyl (C=O) groups excluding carboxylic acids is 1. The molecule has 0 spiro atoms. The number of carbonyl (C=O) groups is 1. The summed E-state index contributed by atoms with van der Waals surface area (Å²) in [6.07, 6.45) is 2.68. The lowest BCUT2D eigenvalue weighted by Gasteiger charge is -2.33. The van der Waals surface area contributed by atoms with Gasteiger partial charge < -0.3 is 9.47 Å². The Morgan fingerprint density at radius 2 is 1.67 bits per heavy atom. The number of benzene rings is 3. The van der Waals surface area contributed by atoms with Crippen LogP contribution < -0.4 is 5.43 Å². The fraction of sp³-hybridized carbons (Fsp3) is 0.273. The summed E-state index contributed by atoms with van der Waals surface area (Å²) in [7, 11) is 0. The number of amides is 1. The second kappa shape index (κ2) is 7.47. The largest absolute Gasteiger partial charge is 0.350 e. The second-order valence-corrected chi connectivity index (χ2v) is 6.89. The first-order valence-corrected chi connectivity index (χ1v) is 9.15.